The van der Waals surface area contributed by atoms with Crippen molar-refractivity contribution in [2.75, 3.05) is 47.5 Å². The molecule has 182 valence electrons. The number of ether oxygens (including phenoxy) is 1. The van der Waals surface area contributed by atoms with Gasteiger partial charge in [-0.1, -0.05) is 84.0 Å². The lowest BCUT2D eigenvalue weighted by molar-refractivity contribution is -0.870. The van der Waals surface area contributed by atoms with E-state index in [0.29, 0.717) is 17.6 Å². The topological polar surface area (TPSA) is 67.8 Å². The smallest absolute Gasteiger partial charge is 0.268 e. The Bertz CT molecular complexity index is 428. The number of hydrogen-bond acceptors (Lipinski definition) is 5. The molecule has 0 fully saturated rings. The second-order valence-electron chi connectivity index (χ2n) is 9.35. The van der Waals surface area contributed by atoms with Gasteiger partial charge in [0.25, 0.3) is 7.82 Å². The number of phosphoric acid groups is 1. The number of rotatable bonds is 22. The molecule has 0 aromatic heterocycles. The zero-order valence-electron chi connectivity index (χ0n) is 20.5. The first-order valence-electron chi connectivity index (χ1n) is 12.2. The van der Waals surface area contributed by atoms with Gasteiger partial charge >= 0.3 is 0 Å². The minimum absolute atomic E-state index is 0.0387. The number of hydrogen-bond donors (Lipinski definition) is 0. The van der Waals surface area contributed by atoms with Gasteiger partial charge in [-0.05, 0) is 13.3 Å². The zero-order chi connectivity index (χ0) is 22.7. The van der Waals surface area contributed by atoms with Gasteiger partial charge in [0.1, 0.15) is 13.2 Å². The van der Waals surface area contributed by atoms with E-state index in [9.17, 15) is 9.46 Å². The Balaban J connectivity index is 3.78. The molecule has 2 unspecified atom stereocenters. The lowest BCUT2D eigenvalue weighted by atomic mass is 10.0. The van der Waals surface area contributed by atoms with Gasteiger partial charge in [0.15, 0.2) is 0 Å². The Morgan fingerprint density at radius 2 is 1.30 bits per heavy atom. The largest absolute Gasteiger partial charge is 0.756 e. The van der Waals surface area contributed by atoms with E-state index in [1.807, 2.05) is 28.1 Å². The van der Waals surface area contributed by atoms with Crippen molar-refractivity contribution in [3.05, 3.63) is 0 Å². The fourth-order valence-electron chi connectivity index (χ4n) is 3.30. The van der Waals surface area contributed by atoms with Crippen molar-refractivity contribution < 1.29 is 27.7 Å². The Kier molecular flexibility index (Phi) is 18.6. The van der Waals surface area contributed by atoms with E-state index in [0.717, 1.165) is 19.3 Å². The molecule has 0 aliphatic carbocycles. The number of unbranched alkanes of at least 4 members (excludes halogenated alkanes) is 11. The van der Waals surface area contributed by atoms with E-state index >= 15 is 0 Å². The molecule has 30 heavy (non-hydrogen) atoms. The summed E-state index contributed by atoms with van der Waals surface area (Å²) < 4.78 is 28.2. The molecule has 0 rings (SSSR count). The van der Waals surface area contributed by atoms with Gasteiger partial charge in [0, 0.05) is 6.61 Å². The first-order chi connectivity index (χ1) is 14.2. The standard InChI is InChI=1S/C23H50NO5P/c1-6-8-9-10-11-12-13-14-15-16-17-18-19-23(27-7-2)22-29-30(25,26)28-21-20-24(3,4)5/h23H,6-22H2,1-5H3. The summed E-state index contributed by atoms with van der Waals surface area (Å²) in [5.74, 6) is 0. The highest BCUT2D eigenvalue weighted by molar-refractivity contribution is 7.45. The quantitative estimate of drug-likeness (QED) is 0.120. The van der Waals surface area contributed by atoms with Crippen molar-refractivity contribution in [2.24, 2.45) is 0 Å². The Morgan fingerprint density at radius 1 is 0.800 bits per heavy atom. The number of likely N-dealkylation sites (N-methyl/N-ethyl adjacent to an activating group) is 1. The van der Waals surface area contributed by atoms with Crippen LogP contribution in [0.3, 0.4) is 0 Å². The average Bonchev–Trinajstić information content (AvgIpc) is 2.65. The maximum absolute atomic E-state index is 11.9. The maximum Gasteiger partial charge on any atom is 0.268 e. The van der Waals surface area contributed by atoms with Gasteiger partial charge in [-0.3, -0.25) is 4.57 Å². The van der Waals surface area contributed by atoms with E-state index in [4.69, 9.17) is 13.8 Å². The molecule has 0 aliphatic rings. The maximum atomic E-state index is 11.9. The lowest BCUT2D eigenvalue weighted by Gasteiger charge is -2.28. The van der Waals surface area contributed by atoms with Crippen molar-refractivity contribution in [3.8, 4) is 0 Å². The Labute approximate surface area is 186 Å². The third-order valence-electron chi connectivity index (χ3n) is 5.21. The zero-order valence-corrected chi connectivity index (χ0v) is 21.4. The van der Waals surface area contributed by atoms with Crippen LogP contribution >= 0.6 is 7.82 Å². The molecule has 0 heterocycles. The minimum atomic E-state index is -4.27. The molecule has 0 aromatic carbocycles. The summed E-state index contributed by atoms with van der Waals surface area (Å²) in [5, 5.41) is 0. The first-order valence-corrected chi connectivity index (χ1v) is 13.7. The summed E-state index contributed by atoms with van der Waals surface area (Å²) in [4.78, 5) is 11.9. The summed E-state index contributed by atoms with van der Waals surface area (Å²) in [6.45, 7) is 5.50. The highest BCUT2D eigenvalue weighted by Crippen LogP contribution is 2.38. The van der Waals surface area contributed by atoms with E-state index in [-0.39, 0.29) is 19.3 Å². The molecule has 0 bridgehead atoms. The summed E-state index contributed by atoms with van der Waals surface area (Å²) in [7, 11) is 1.69. The summed E-state index contributed by atoms with van der Waals surface area (Å²) >= 11 is 0. The monoisotopic (exact) mass is 451 g/mol. The number of phosphoric ester groups is 1. The molecule has 0 saturated heterocycles. The fraction of sp³-hybridized carbons (Fsp3) is 1.00. The predicted molar refractivity (Wildman–Crippen MR) is 124 cm³/mol. The molecule has 0 radical (unpaired) electrons. The average molecular weight is 452 g/mol. The number of nitrogens with zero attached hydrogens (tertiary/aromatic N) is 1. The second-order valence-corrected chi connectivity index (χ2v) is 10.8. The lowest BCUT2D eigenvalue weighted by Crippen LogP contribution is -2.37. The van der Waals surface area contributed by atoms with Crippen LogP contribution in [0.4, 0.5) is 0 Å². The summed E-state index contributed by atoms with van der Waals surface area (Å²) in [6, 6.07) is 0. The Hall–Kier alpha value is 0.0300. The van der Waals surface area contributed by atoms with Gasteiger partial charge in [0.05, 0.1) is 33.9 Å². The van der Waals surface area contributed by atoms with Gasteiger partial charge in [0.2, 0.25) is 0 Å². The van der Waals surface area contributed by atoms with Crippen LogP contribution in [0.25, 0.3) is 0 Å². The van der Waals surface area contributed by atoms with Crippen LogP contribution in [0.1, 0.15) is 97.3 Å². The van der Waals surface area contributed by atoms with Crippen LogP contribution in [0.5, 0.6) is 0 Å². The molecule has 0 amide bonds. The van der Waals surface area contributed by atoms with Gasteiger partial charge in [-0.2, -0.15) is 0 Å². The molecule has 2 atom stereocenters. The van der Waals surface area contributed by atoms with Crippen LogP contribution < -0.4 is 4.89 Å². The highest BCUT2D eigenvalue weighted by atomic mass is 31.2. The number of quaternary nitrogens is 1. The fourth-order valence-corrected chi connectivity index (χ4v) is 4.03. The van der Waals surface area contributed by atoms with Crippen LogP contribution in [0, 0.1) is 0 Å². The van der Waals surface area contributed by atoms with Crippen LogP contribution in [-0.4, -0.2) is 58.1 Å². The van der Waals surface area contributed by atoms with Crippen molar-refractivity contribution in [1.82, 2.24) is 0 Å². The SMILES string of the molecule is CCCCCCCCCCCCCCC(COP(=O)([O-])OCC[N+](C)(C)C)OCC. The van der Waals surface area contributed by atoms with E-state index in [1.165, 1.54) is 64.2 Å². The van der Waals surface area contributed by atoms with E-state index in [1.54, 1.807) is 0 Å². The van der Waals surface area contributed by atoms with Crippen molar-refractivity contribution in [3.63, 3.8) is 0 Å². The molecule has 0 aliphatic heterocycles. The van der Waals surface area contributed by atoms with Crippen molar-refractivity contribution >= 4 is 7.82 Å². The van der Waals surface area contributed by atoms with Crippen LogP contribution in [0.15, 0.2) is 0 Å². The summed E-state index contributed by atoms with van der Waals surface area (Å²) in [5.41, 5.74) is 0. The second kappa shape index (κ2) is 18.6. The molecule has 7 heteroatoms. The van der Waals surface area contributed by atoms with Gasteiger partial charge in [-0.15, -0.1) is 0 Å². The van der Waals surface area contributed by atoms with Crippen molar-refractivity contribution in [1.29, 1.82) is 0 Å². The summed E-state index contributed by atoms with van der Waals surface area (Å²) in [6.07, 6.45) is 16.3. The van der Waals surface area contributed by atoms with Crippen LogP contribution in [-0.2, 0) is 18.3 Å². The van der Waals surface area contributed by atoms with Gasteiger partial charge < -0.3 is 23.2 Å². The van der Waals surface area contributed by atoms with Crippen LogP contribution in [0.2, 0.25) is 0 Å². The molecule has 0 spiro atoms. The predicted octanol–water partition coefficient (Wildman–Crippen LogP) is 5.69. The molecule has 0 aromatic rings. The Morgan fingerprint density at radius 3 is 1.77 bits per heavy atom. The molecular formula is C23H50NO5P. The highest BCUT2D eigenvalue weighted by Gasteiger charge is 2.17. The molecule has 0 N–H and O–H groups in total. The first kappa shape index (κ1) is 30.0. The molecule has 0 saturated carbocycles. The molecule has 6 nitrogen and oxygen atoms in total. The van der Waals surface area contributed by atoms with Crippen molar-refractivity contribution in [2.45, 2.75) is 103 Å². The minimum Gasteiger partial charge on any atom is -0.756 e. The third-order valence-corrected chi connectivity index (χ3v) is 6.18. The van der Waals surface area contributed by atoms with E-state index in [2.05, 4.69) is 6.92 Å². The third kappa shape index (κ3) is 21.3. The molecular weight excluding hydrogens is 401 g/mol. The normalized spacial score (nSPS) is 15.3. The van der Waals surface area contributed by atoms with E-state index < -0.39 is 7.82 Å². The van der Waals surface area contributed by atoms with Gasteiger partial charge in [-0.25, -0.2) is 0 Å².